The maximum absolute atomic E-state index is 11.8. The molecular weight excluding hydrogens is 216 g/mol. The van der Waals surface area contributed by atoms with Crippen LogP contribution in [0.15, 0.2) is 12.4 Å². The van der Waals surface area contributed by atoms with Crippen molar-refractivity contribution in [1.29, 1.82) is 0 Å². The third-order valence-corrected chi connectivity index (χ3v) is 3.09. The van der Waals surface area contributed by atoms with E-state index in [1.165, 1.54) is 0 Å². The number of nitrogens with two attached hydrogens (primary N) is 1. The van der Waals surface area contributed by atoms with Gasteiger partial charge in [-0.05, 0) is 5.92 Å². The summed E-state index contributed by atoms with van der Waals surface area (Å²) < 4.78 is 1.64. The molecule has 1 heterocycles. The quantitative estimate of drug-likeness (QED) is 0.775. The molecular formula is C12H22N4O. The Bertz CT molecular complexity index is 357. The predicted molar refractivity (Wildman–Crippen MR) is 67.2 cm³/mol. The molecule has 0 aliphatic rings. The fourth-order valence-corrected chi connectivity index (χ4v) is 1.68. The van der Waals surface area contributed by atoms with Crippen molar-refractivity contribution in [3.63, 3.8) is 0 Å². The van der Waals surface area contributed by atoms with Crippen LogP contribution in [0.25, 0.3) is 0 Å². The molecule has 0 radical (unpaired) electrons. The number of nitrogens with one attached hydrogen (secondary N) is 1. The van der Waals surface area contributed by atoms with Crippen molar-refractivity contribution >= 4 is 5.91 Å². The van der Waals surface area contributed by atoms with Gasteiger partial charge in [0.2, 0.25) is 5.91 Å². The second-order valence-electron chi connectivity index (χ2n) is 4.35. The number of hydrogen-bond donors (Lipinski definition) is 2. The maximum Gasteiger partial charge on any atom is 0.241 e. The summed E-state index contributed by atoms with van der Waals surface area (Å²) in [5, 5.41) is 6.90. The van der Waals surface area contributed by atoms with Gasteiger partial charge in [-0.25, -0.2) is 0 Å². The van der Waals surface area contributed by atoms with Gasteiger partial charge in [-0.2, -0.15) is 5.10 Å². The Labute approximate surface area is 102 Å². The Balaban J connectivity index is 2.47. The SMILES string of the molecule is CCC(CC)CNC(=O)C(N)c1cnn(C)c1. The zero-order chi connectivity index (χ0) is 12.8. The molecule has 0 aromatic carbocycles. The van der Waals surface area contributed by atoms with Gasteiger partial charge in [0.25, 0.3) is 0 Å². The number of amides is 1. The lowest BCUT2D eigenvalue weighted by Gasteiger charge is -2.15. The van der Waals surface area contributed by atoms with Crippen molar-refractivity contribution in [3.8, 4) is 0 Å². The first kappa shape index (κ1) is 13.7. The van der Waals surface area contributed by atoms with Crippen molar-refractivity contribution < 1.29 is 4.79 Å². The average molecular weight is 238 g/mol. The number of nitrogens with zero attached hydrogens (tertiary/aromatic N) is 2. The number of aryl methyl sites for hydroxylation is 1. The summed E-state index contributed by atoms with van der Waals surface area (Å²) >= 11 is 0. The van der Waals surface area contributed by atoms with Crippen LogP contribution in [0.3, 0.4) is 0 Å². The molecule has 5 heteroatoms. The summed E-state index contributed by atoms with van der Waals surface area (Å²) in [5.41, 5.74) is 6.60. The lowest BCUT2D eigenvalue weighted by molar-refractivity contribution is -0.122. The van der Waals surface area contributed by atoms with E-state index in [0.29, 0.717) is 12.5 Å². The molecule has 1 unspecified atom stereocenters. The lowest BCUT2D eigenvalue weighted by Crippen LogP contribution is -2.36. The van der Waals surface area contributed by atoms with Gasteiger partial charge in [0.1, 0.15) is 6.04 Å². The van der Waals surface area contributed by atoms with E-state index in [4.69, 9.17) is 5.73 Å². The first-order valence-electron chi connectivity index (χ1n) is 6.10. The van der Waals surface area contributed by atoms with E-state index >= 15 is 0 Å². The Hall–Kier alpha value is -1.36. The average Bonchev–Trinajstić information content (AvgIpc) is 2.76. The maximum atomic E-state index is 11.8. The molecule has 0 aliphatic heterocycles. The van der Waals surface area contributed by atoms with Gasteiger partial charge in [0, 0.05) is 25.4 Å². The van der Waals surface area contributed by atoms with E-state index in [0.717, 1.165) is 18.4 Å². The molecule has 0 aliphatic carbocycles. The van der Waals surface area contributed by atoms with E-state index < -0.39 is 6.04 Å². The molecule has 1 aromatic rings. The highest BCUT2D eigenvalue weighted by molar-refractivity contribution is 5.82. The van der Waals surface area contributed by atoms with Crippen molar-refractivity contribution in [2.75, 3.05) is 6.54 Å². The minimum atomic E-state index is -0.627. The number of hydrogen-bond acceptors (Lipinski definition) is 3. The van der Waals surface area contributed by atoms with Crippen LogP contribution in [0, 0.1) is 5.92 Å². The first-order chi connectivity index (χ1) is 8.08. The number of carbonyl (C=O) groups is 1. The summed E-state index contributed by atoms with van der Waals surface area (Å²) in [6, 6.07) is -0.627. The van der Waals surface area contributed by atoms with Gasteiger partial charge in [-0.3, -0.25) is 9.48 Å². The Kier molecular flexibility index (Phi) is 5.15. The van der Waals surface area contributed by atoms with Gasteiger partial charge >= 0.3 is 0 Å². The molecule has 0 spiro atoms. The minimum absolute atomic E-state index is 0.134. The smallest absolute Gasteiger partial charge is 0.241 e. The summed E-state index contributed by atoms with van der Waals surface area (Å²) in [6.07, 6.45) is 5.53. The van der Waals surface area contributed by atoms with Gasteiger partial charge in [0.15, 0.2) is 0 Å². The van der Waals surface area contributed by atoms with Crippen LogP contribution >= 0.6 is 0 Å². The second-order valence-corrected chi connectivity index (χ2v) is 4.35. The summed E-state index contributed by atoms with van der Waals surface area (Å²) in [6.45, 7) is 4.95. The fourth-order valence-electron chi connectivity index (χ4n) is 1.68. The van der Waals surface area contributed by atoms with Gasteiger partial charge in [0.05, 0.1) is 6.20 Å². The Morgan fingerprint density at radius 2 is 2.18 bits per heavy atom. The van der Waals surface area contributed by atoms with Crippen molar-refractivity contribution in [3.05, 3.63) is 18.0 Å². The van der Waals surface area contributed by atoms with Crippen LogP contribution in [0.4, 0.5) is 0 Å². The van der Waals surface area contributed by atoms with Crippen LogP contribution in [0.2, 0.25) is 0 Å². The zero-order valence-corrected chi connectivity index (χ0v) is 10.8. The number of rotatable bonds is 6. The van der Waals surface area contributed by atoms with E-state index in [2.05, 4.69) is 24.3 Å². The second kappa shape index (κ2) is 6.39. The number of aromatic nitrogens is 2. The molecule has 3 N–H and O–H groups in total. The van der Waals surface area contributed by atoms with Crippen molar-refractivity contribution in [2.24, 2.45) is 18.7 Å². The lowest BCUT2D eigenvalue weighted by atomic mass is 10.0. The molecule has 0 saturated heterocycles. The molecule has 1 aromatic heterocycles. The van der Waals surface area contributed by atoms with Gasteiger partial charge in [-0.1, -0.05) is 26.7 Å². The topological polar surface area (TPSA) is 72.9 Å². The normalized spacial score (nSPS) is 12.8. The molecule has 0 bridgehead atoms. The van der Waals surface area contributed by atoms with E-state index in [1.807, 2.05) is 0 Å². The molecule has 0 fully saturated rings. The monoisotopic (exact) mass is 238 g/mol. The highest BCUT2D eigenvalue weighted by Gasteiger charge is 2.17. The van der Waals surface area contributed by atoms with Crippen LogP contribution in [-0.2, 0) is 11.8 Å². The summed E-state index contributed by atoms with van der Waals surface area (Å²) in [7, 11) is 1.80. The van der Waals surface area contributed by atoms with Gasteiger partial charge < -0.3 is 11.1 Å². The molecule has 1 amide bonds. The highest BCUT2D eigenvalue weighted by atomic mass is 16.2. The molecule has 96 valence electrons. The first-order valence-corrected chi connectivity index (χ1v) is 6.10. The van der Waals surface area contributed by atoms with E-state index in [9.17, 15) is 4.79 Å². The predicted octanol–water partition coefficient (Wildman–Crippen LogP) is 0.972. The largest absolute Gasteiger partial charge is 0.354 e. The van der Waals surface area contributed by atoms with Crippen LogP contribution in [0.1, 0.15) is 38.3 Å². The molecule has 1 rings (SSSR count). The minimum Gasteiger partial charge on any atom is -0.354 e. The van der Waals surface area contributed by atoms with Crippen LogP contribution < -0.4 is 11.1 Å². The van der Waals surface area contributed by atoms with Crippen molar-refractivity contribution in [2.45, 2.75) is 32.7 Å². The van der Waals surface area contributed by atoms with Crippen LogP contribution in [0.5, 0.6) is 0 Å². The molecule has 5 nitrogen and oxygen atoms in total. The Morgan fingerprint density at radius 3 is 2.65 bits per heavy atom. The van der Waals surface area contributed by atoms with Crippen LogP contribution in [-0.4, -0.2) is 22.2 Å². The number of carbonyl (C=O) groups excluding carboxylic acids is 1. The third-order valence-electron chi connectivity index (χ3n) is 3.09. The fraction of sp³-hybridized carbons (Fsp3) is 0.667. The zero-order valence-electron chi connectivity index (χ0n) is 10.8. The Morgan fingerprint density at radius 1 is 1.53 bits per heavy atom. The summed E-state index contributed by atoms with van der Waals surface area (Å²) in [4.78, 5) is 11.8. The standard InChI is InChI=1S/C12H22N4O/c1-4-9(5-2)6-14-12(17)11(13)10-7-15-16(3)8-10/h7-9,11H,4-6,13H2,1-3H3,(H,14,17). The third kappa shape index (κ3) is 3.85. The van der Waals surface area contributed by atoms with E-state index in [1.54, 1.807) is 24.1 Å². The molecule has 0 saturated carbocycles. The van der Waals surface area contributed by atoms with E-state index in [-0.39, 0.29) is 5.91 Å². The van der Waals surface area contributed by atoms with Gasteiger partial charge in [-0.15, -0.1) is 0 Å². The van der Waals surface area contributed by atoms with Crippen molar-refractivity contribution in [1.82, 2.24) is 15.1 Å². The summed E-state index contributed by atoms with van der Waals surface area (Å²) in [5.74, 6) is 0.393. The molecule has 1 atom stereocenters. The highest BCUT2D eigenvalue weighted by Crippen LogP contribution is 2.10. The molecule has 17 heavy (non-hydrogen) atoms.